The second-order valence-electron chi connectivity index (χ2n) is 3.68. The second-order valence-corrected chi connectivity index (χ2v) is 3.68. The van der Waals surface area contributed by atoms with Crippen LogP contribution < -0.4 is 0 Å². The molecule has 1 aromatic carbocycles. The van der Waals surface area contributed by atoms with Crippen LogP contribution in [0, 0.1) is 0 Å². The van der Waals surface area contributed by atoms with Crippen LogP contribution in [0.3, 0.4) is 0 Å². The van der Waals surface area contributed by atoms with Gasteiger partial charge in [-0.3, -0.25) is 0 Å². The summed E-state index contributed by atoms with van der Waals surface area (Å²) in [5.74, 6) is -0.395. The van der Waals surface area contributed by atoms with Crippen molar-refractivity contribution in [2.24, 2.45) is 0 Å². The lowest BCUT2D eigenvalue weighted by molar-refractivity contribution is 0.0598. The Morgan fingerprint density at radius 1 is 1.47 bits per heavy atom. The Balaban J connectivity index is 2.20. The summed E-state index contributed by atoms with van der Waals surface area (Å²) in [5.41, 5.74) is 1.24. The van der Waals surface area contributed by atoms with Crippen LogP contribution in [0.2, 0.25) is 0 Å². The van der Waals surface area contributed by atoms with Crippen molar-refractivity contribution in [3.8, 4) is 0 Å². The molecule has 1 heterocycles. The highest BCUT2D eigenvalue weighted by molar-refractivity contribution is 5.91. The van der Waals surface area contributed by atoms with E-state index in [4.69, 9.17) is 9.47 Å². The zero-order valence-electron chi connectivity index (χ0n) is 9.51. The molecule has 0 aromatic heterocycles. The molecule has 1 aromatic rings. The highest BCUT2D eigenvalue weighted by Crippen LogP contribution is 2.15. The standard InChI is InChI=1S/C12H13NO4/c1-16-11(14)10-5-3-2-4-9(10)8-13-6-7-17-12(13)15/h2-5H,6-8H2,1H3. The summed E-state index contributed by atoms with van der Waals surface area (Å²) in [4.78, 5) is 24.4. The lowest BCUT2D eigenvalue weighted by Crippen LogP contribution is -2.24. The first-order valence-electron chi connectivity index (χ1n) is 5.30. The number of carbonyl (C=O) groups is 2. The first-order valence-corrected chi connectivity index (χ1v) is 5.30. The van der Waals surface area contributed by atoms with Gasteiger partial charge in [-0.05, 0) is 11.6 Å². The largest absolute Gasteiger partial charge is 0.465 e. The van der Waals surface area contributed by atoms with E-state index >= 15 is 0 Å². The molecule has 1 aliphatic rings. The summed E-state index contributed by atoms with van der Waals surface area (Å²) in [6.45, 7) is 1.32. The highest BCUT2D eigenvalue weighted by Gasteiger charge is 2.23. The first kappa shape index (κ1) is 11.4. The number of ether oxygens (including phenoxy) is 2. The highest BCUT2D eigenvalue weighted by atomic mass is 16.6. The molecule has 0 spiro atoms. The quantitative estimate of drug-likeness (QED) is 0.743. The van der Waals surface area contributed by atoms with Crippen molar-refractivity contribution in [2.75, 3.05) is 20.3 Å². The summed E-state index contributed by atoms with van der Waals surface area (Å²) in [5, 5.41) is 0. The van der Waals surface area contributed by atoms with Crippen LogP contribution in [0.25, 0.3) is 0 Å². The fraction of sp³-hybridized carbons (Fsp3) is 0.333. The van der Waals surface area contributed by atoms with Crippen LogP contribution >= 0.6 is 0 Å². The van der Waals surface area contributed by atoms with Gasteiger partial charge in [0.05, 0.1) is 19.2 Å². The minimum atomic E-state index is -0.395. The molecule has 1 amide bonds. The third-order valence-electron chi connectivity index (χ3n) is 2.63. The number of cyclic esters (lactones) is 1. The Hall–Kier alpha value is -2.04. The lowest BCUT2D eigenvalue weighted by atomic mass is 10.1. The van der Waals surface area contributed by atoms with E-state index in [2.05, 4.69) is 0 Å². The molecule has 1 fully saturated rings. The molecule has 0 N–H and O–H groups in total. The van der Waals surface area contributed by atoms with Gasteiger partial charge in [-0.15, -0.1) is 0 Å². The van der Waals surface area contributed by atoms with Gasteiger partial charge < -0.3 is 14.4 Å². The van der Waals surface area contributed by atoms with E-state index in [0.717, 1.165) is 5.56 Å². The van der Waals surface area contributed by atoms with Crippen LogP contribution in [-0.4, -0.2) is 37.2 Å². The molecule has 0 bridgehead atoms. The normalized spacial score (nSPS) is 14.6. The van der Waals surface area contributed by atoms with Crippen LogP contribution in [0.5, 0.6) is 0 Å². The van der Waals surface area contributed by atoms with E-state index in [9.17, 15) is 9.59 Å². The topological polar surface area (TPSA) is 55.8 Å². The maximum absolute atomic E-state index is 11.5. The molecule has 5 heteroatoms. The zero-order chi connectivity index (χ0) is 12.3. The minimum absolute atomic E-state index is 0.343. The SMILES string of the molecule is COC(=O)c1ccccc1CN1CCOC1=O. The van der Waals surface area contributed by atoms with Gasteiger partial charge >= 0.3 is 12.1 Å². The van der Waals surface area contributed by atoms with Gasteiger partial charge in [-0.1, -0.05) is 18.2 Å². The molecule has 0 radical (unpaired) electrons. The molecule has 2 rings (SSSR count). The third kappa shape index (κ3) is 2.38. The maximum atomic E-state index is 11.5. The number of nitrogens with zero attached hydrogens (tertiary/aromatic N) is 1. The van der Waals surface area contributed by atoms with E-state index in [0.29, 0.717) is 25.3 Å². The molecule has 1 saturated heterocycles. The van der Waals surface area contributed by atoms with Gasteiger partial charge in [0, 0.05) is 6.54 Å². The predicted molar refractivity (Wildman–Crippen MR) is 59.5 cm³/mol. The Morgan fingerprint density at radius 3 is 2.88 bits per heavy atom. The number of carbonyl (C=O) groups excluding carboxylic acids is 2. The lowest BCUT2D eigenvalue weighted by Gasteiger charge is -2.14. The Kier molecular flexibility index (Phi) is 3.27. The monoisotopic (exact) mass is 235 g/mol. The fourth-order valence-corrected chi connectivity index (χ4v) is 1.74. The number of amides is 1. The van der Waals surface area contributed by atoms with Gasteiger partial charge in [-0.2, -0.15) is 0 Å². The van der Waals surface area contributed by atoms with Gasteiger partial charge in [0.1, 0.15) is 6.61 Å². The van der Waals surface area contributed by atoms with E-state index in [-0.39, 0.29) is 6.09 Å². The van der Waals surface area contributed by atoms with Crippen molar-refractivity contribution >= 4 is 12.1 Å². The average molecular weight is 235 g/mol. The molecule has 17 heavy (non-hydrogen) atoms. The molecular formula is C12H13NO4. The van der Waals surface area contributed by atoms with Crippen molar-refractivity contribution in [1.29, 1.82) is 0 Å². The van der Waals surface area contributed by atoms with Gasteiger partial charge in [0.2, 0.25) is 0 Å². The van der Waals surface area contributed by atoms with Crippen LogP contribution in [0.1, 0.15) is 15.9 Å². The van der Waals surface area contributed by atoms with E-state index in [1.54, 1.807) is 23.1 Å². The van der Waals surface area contributed by atoms with Crippen molar-refractivity contribution in [3.63, 3.8) is 0 Å². The number of rotatable bonds is 3. The average Bonchev–Trinajstić information content (AvgIpc) is 2.75. The fourth-order valence-electron chi connectivity index (χ4n) is 1.74. The maximum Gasteiger partial charge on any atom is 0.410 e. The number of hydrogen-bond acceptors (Lipinski definition) is 4. The Morgan fingerprint density at radius 2 is 2.24 bits per heavy atom. The van der Waals surface area contributed by atoms with Gasteiger partial charge in [-0.25, -0.2) is 9.59 Å². The summed E-state index contributed by atoms with van der Waals surface area (Å²) >= 11 is 0. The molecule has 0 saturated carbocycles. The van der Waals surface area contributed by atoms with Crippen LogP contribution in [0.15, 0.2) is 24.3 Å². The Bertz CT molecular complexity index is 444. The summed E-state index contributed by atoms with van der Waals surface area (Å²) in [6, 6.07) is 7.07. The molecule has 90 valence electrons. The Labute approximate surface area is 98.9 Å². The van der Waals surface area contributed by atoms with Crippen molar-refractivity contribution in [2.45, 2.75) is 6.54 Å². The van der Waals surface area contributed by atoms with Crippen molar-refractivity contribution < 1.29 is 19.1 Å². The zero-order valence-corrected chi connectivity index (χ0v) is 9.51. The summed E-state index contributed by atoms with van der Waals surface area (Å²) in [6.07, 6.45) is -0.343. The predicted octanol–water partition coefficient (Wildman–Crippen LogP) is 1.43. The molecule has 0 unspecified atom stereocenters. The van der Waals surface area contributed by atoms with Crippen molar-refractivity contribution in [3.05, 3.63) is 35.4 Å². The molecule has 0 aliphatic carbocycles. The third-order valence-corrected chi connectivity index (χ3v) is 2.63. The number of hydrogen-bond donors (Lipinski definition) is 0. The molecule has 1 aliphatic heterocycles. The number of esters is 1. The van der Waals surface area contributed by atoms with Crippen LogP contribution in [-0.2, 0) is 16.0 Å². The minimum Gasteiger partial charge on any atom is -0.465 e. The van der Waals surface area contributed by atoms with Crippen molar-refractivity contribution in [1.82, 2.24) is 4.90 Å². The van der Waals surface area contributed by atoms with E-state index in [1.165, 1.54) is 7.11 Å². The second kappa shape index (κ2) is 4.86. The molecular weight excluding hydrogens is 222 g/mol. The first-order chi connectivity index (χ1) is 8.22. The van der Waals surface area contributed by atoms with Gasteiger partial charge in [0.25, 0.3) is 0 Å². The summed E-state index contributed by atoms with van der Waals surface area (Å²) < 4.78 is 9.53. The van der Waals surface area contributed by atoms with Crippen LogP contribution in [0.4, 0.5) is 4.79 Å². The molecule has 0 atom stereocenters. The van der Waals surface area contributed by atoms with E-state index < -0.39 is 5.97 Å². The number of benzene rings is 1. The smallest absolute Gasteiger partial charge is 0.410 e. The molecule has 5 nitrogen and oxygen atoms in total. The number of methoxy groups -OCH3 is 1. The summed E-state index contributed by atoms with van der Waals surface area (Å²) in [7, 11) is 1.34. The van der Waals surface area contributed by atoms with Gasteiger partial charge in [0.15, 0.2) is 0 Å². The van der Waals surface area contributed by atoms with E-state index in [1.807, 2.05) is 6.07 Å².